The SMILES string of the molecule is CC(C)(C)c1cc(F)c(S)s1. The molecular weight excluding hydrogens is 179 g/mol. The van der Waals surface area contributed by atoms with E-state index in [4.69, 9.17) is 0 Å². The van der Waals surface area contributed by atoms with Crippen molar-refractivity contribution in [3.8, 4) is 0 Å². The smallest absolute Gasteiger partial charge is 0.147 e. The molecule has 0 N–H and O–H groups in total. The molecule has 11 heavy (non-hydrogen) atoms. The van der Waals surface area contributed by atoms with Crippen LogP contribution in [0.25, 0.3) is 0 Å². The van der Waals surface area contributed by atoms with E-state index < -0.39 is 0 Å². The molecule has 0 aliphatic rings. The van der Waals surface area contributed by atoms with Gasteiger partial charge in [-0.1, -0.05) is 20.8 Å². The van der Waals surface area contributed by atoms with Crippen molar-refractivity contribution in [2.24, 2.45) is 0 Å². The van der Waals surface area contributed by atoms with Gasteiger partial charge in [0.1, 0.15) is 5.82 Å². The maximum atomic E-state index is 12.8. The third-order valence-electron chi connectivity index (χ3n) is 1.41. The molecule has 0 spiro atoms. The molecule has 0 unspecified atom stereocenters. The summed E-state index contributed by atoms with van der Waals surface area (Å²) in [6.45, 7) is 6.18. The van der Waals surface area contributed by atoms with Crippen molar-refractivity contribution in [3.63, 3.8) is 0 Å². The lowest BCUT2D eigenvalue weighted by molar-refractivity contribution is 0.585. The fourth-order valence-electron chi connectivity index (χ4n) is 0.729. The third kappa shape index (κ3) is 1.97. The molecule has 0 bridgehead atoms. The van der Waals surface area contributed by atoms with Crippen LogP contribution in [-0.2, 0) is 5.41 Å². The fourth-order valence-corrected chi connectivity index (χ4v) is 1.92. The van der Waals surface area contributed by atoms with Gasteiger partial charge < -0.3 is 0 Å². The van der Waals surface area contributed by atoms with E-state index in [-0.39, 0.29) is 11.2 Å². The first-order chi connectivity index (χ1) is 4.91. The molecule has 0 aromatic carbocycles. The van der Waals surface area contributed by atoms with Crippen molar-refractivity contribution in [3.05, 3.63) is 16.8 Å². The lowest BCUT2D eigenvalue weighted by Gasteiger charge is -2.14. The van der Waals surface area contributed by atoms with Gasteiger partial charge in [0.15, 0.2) is 0 Å². The Morgan fingerprint density at radius 2 is 2.00 bits per heavy atom. The Morgan fingerprint density at radius 1 is 1.45 bits per heavy atom. The first-order valence-electron chi connectivity index (χ1n) is 3.40. The van der Waals surface area contributed by atoms with Crippen molar-refractivity contribution in [2.45, 2.75) is 30.4 Å². The van der Waals surface area contributed by atoms with Crippen LogP contribution in [0.2, 0.25) is 0 Å². The molecule has 0 fully saturated rings. The Balaban J connectivity index is 3.08. The minimum Gasteiger partial charge on any atom is -0.205 e. The summed E-state index contributed by atoms with van der Waals surface area (Å²) in [5.74, 6) is -0.205. The highest BCUT2D eigenvalue weighted by atomic mass is 32.2. The molecule has 0 amide bonds. The van der Waals surface area contributed by atoms with Crippen LogP contribution < -0.4 is 0 Å². The van der Waals surface area contributed by atoms with E-state index in [0.717, 1.165) is 4.88 Å². The van der Waals surface area contributed by atoms with Crippen LogP contribution in [0, 0.1) is 5.82 Å². The molecule has 0 radical (unpaired) electrons. The molecule has 1 heterocycles. The van der Waals surface area contributed by atoms with E-state index in [9.17, 15) is 4.39 Å². The average Bonchev–Trinajstić information content (AvgIpc) is 2.11. The molecule has 1 rings (SSSR count). The first kappa shape index (κ1) is 9.07. The van der Waals surface area contributed by atoms with Crippen LogP contribution >= 0.6 is 24.0 Å². The zero-order valence-corrected chi connectivity index (χ0v) is 8.52. The lowest BCUT2D eigenvalue weighted by atomic mass is 9.95. The second kappa shape index (κ2) is 2.79. The minimum atomic E-state index is -0.205. The summed E-state index contributed by atoms with van der Waals surface area (Å²) < 4.78 is 13.3. The zero-order chi connectivity index (χ0) is 8.65. The van der Waals surface area contributed by atoms with Crippen molar-refractivity contribution >= 4 is 24.0 Å². The quantitative estimate of drug-likeness (QED) is 0.595. The summed E-state index contributed by atoms with van der Waals surface area (Å²) in [4.78, 5) is 1.04. The molecule has 0 saturated heterocycles. The van der Waals surface area contributed by atoms with Crippen molar-refractivity contribution in [2.75, 3.05) is 0 Å². The van der Waals surface area contributed by atoms with Gasteiger partial charge in [0.2, 0.25) is 0 Å². The van der Waals surface area contributed by atoms with Gasteiger partial charge in [-0.15, -0.1) is 24.0 Å². The molecule has 0 nitrogen and oxygen atoms in total. The van der Waals surface area contributed by atoms with Crippen LogP contribution in [-0.4, -0.2) is 0 Å². The van der Waals surface area contributed by atoms with E-state index in [0.29, 0.717) is 4.21 Å². The zero-order valence-electron chi connectivity index (χ0n) is 6.81. The Kier molecular flexibility index (Phi) is 2.30. The Bertz CT molecular complexity index is 238. The lowest BCUT2D eigenvalue weighted by Crippen LogP contribution is -2.07. The van der Waals surface area contributed by atoms with Gasteiger partial charge in [-0.3, -0.25) is 0 Å². The van der Waals surface area contributed by atoms with E-state index >= 15 is 0 Å². The highest BCUT2D eigenvalue weighted by molar-refractivity contribution is 7.82. The van der Waals surface area contributed by atoms with Crippen LogP contribution in [0.3, 0.4) is 0 Å². The minimum absolute atomic E-state index is 0.0342. The molecule has 1 aromatic heterocycles. The van der Waals surface area contributed by atoms with Gasteiger partial charge in [-0.25, -0.2) is 4.39 Å². The number of thiophene rings is 1. The molecule has 62 valence electrons. The summed E-state index contributed by atoms with van der Waals surface area (Å²) >= 11 is 5.40. The average molecular weight is 190 g/mol. The molecule has 0 aliphatic heterocycles. The Morgan fingerprint density at radius 3 is 2.18 bits per heavy atom. The maximum absolute atomic E-state index is 12.8. The second-order valence-electron chi connectivity index (χ2n) is 3.51. The van der Waals surface area contributed by atoms with Gasteiger partial charge in [-0.2, -0.15) is 0 Å². The van der Waals surface area contributed by atoms with Gasteiger partial charge in [0, 0.05) is 4.88 Å². The first-order valence-corrected chi connectivity index (χ1v) is 4.66. The monoisotopic (exact) mass is 190 g/mol. The van der Waals surface area contributed by atoms with Gasteiger partial charge in [0.05, 0.1) is 4.21 Å². The van der Waals surface area contributed by atoms with Crippen molar-refractivity contribution < 1.29 is 4.39 Å². The second-order valence-corrected chi connectivity index (χ2v) is 5.32. The summed E-state index contributed by atoms with van der Waals surface area (Å²) in [7, 11) is 0. The van der Waals surface area contributed by atoms with Gasteiger partial charge in [-0.05, 0) is 11.5 Å². The number of hydrogen-bond acceptors (Lipinski definition) is 2. The molecule has 0 saturated carbocycles. The standard InChI is InChI=1S/C8H11FS2/c1-8(2,3)6-4-5(9)7(10)11-6/h4,10H,1-3H3. The molecule has 3 heteroatoms. The summed E-state index contributed by atoms with van der Waals surface area (Å²) in [5, 5.41) is 0. The van der Waals surface area contributed by atoms with Crippen LogP contribution in [0.5, 0.6) is 0 Å². The highest BCUT2D eigenvalue weighted by Gasteiger charge is 2.18. The normalized spacial score (nSPS) is 12.1. The van der Waals surface area contributed by atoms with E-state index in [1.807, 2.05) is 0 Å². The summed E-state index contributed by atoms with van der Waals surface area (Å²) in [5.41, 5.74) is 0.0342. The van der Waals surface area contributed by atoms with Crippen LogP contribution in [0.15, 0.2) is 10.3 Å². The summed E-state index contributed by atoms with van der Waals surface area (Å²) in [6, 6.07) is 1.56. The topological polar surface area (TPSA) is 0 Å². The van der Waals surface area contributed by atoms with Crippen molar-refractivity contribution in [1.29, 1.82) is 0 Å². The number of hydrogen-bond donors (Lipinski definition) is 1. The predicted molar refractivity (Wildman–Crippen MR) is 50.2 cm³/mol. The fraction of sp³-hybridized carbons (Fsp3) is 0.500. The maximum Gasteiger partial charge on any atom is 0.147 e. The van der Waals surface area contributed by atoms with Gasteiger partial charge >= 0.3 is 0 Å². The van der Waals surface area contributed by atoms with E-state index in [2.05, 4.69) is 33.4 Å². The van der Waals surface area contributed by atoms with E-state index in [1.54, 1.807) is 6.07 Å². The van der Waals surface area contributed by atoms with Crippen molar-refractivity contribution in [1.82, 2.24) is 0 Å². The number of rotatable bonds is 0. The molecular formula is C8H11FS2. The van der Waals surface area contributed by atoms with Crippen LogP contribution in [0.1, 0.15) is 25.6 Å². The number of thiol groups is 1. The highest BCUT2D eigenvalue weighted by Crippen LogP contribution is 2.33. The largest absolute Gasteiger partial charge is 0.205 e. The number of halogens is 1. The van der Waals surface area contributed by atoms with Crippen LogP contribution in [0.4, 0.5) is 4.39 Å². The van der Waals surface area contributed by atoms with Gasteiger partial charge in [0.25, 0.3) is 0 Å². The molecule has 1 aromatic rings. The third-order valence-corrected chi connectivity index (χ3v) is 3.23. The Labute approximate surface area is 75.9 Å². The Hall–Kier alpha value is -0.0200. The molecule has 0 atom stereocenters. The van der Waals surface area contributed by atoms with E-state index in [1.165, 1.54) is 11.3 Å². The predicted octanol–water partition coefficient (Wildman–Crippen LogP) is 3.47. The summed E-state index contributed by atoms with van der Waals surface area (Å²) in [6.07, 6.45) is 0. The molecule has 0 aliphatic carbocycles.